The van der Waals surface area contributed by atoms with Crippen LogP contribution in [0.25, 0.3) is 10.9 Å². The molecule has 0 aliphatic heterocycles. The number of rotatable bonds is 8. The highest BCUT2D eigenvalue weighted by atomic mass is 32.2. The van der Waals surface area contributed by atoms with Crippen LogP contribution in [0.4, 0.5) is 10.1 Å². The van der Waals surface area contributed by atoms with Crippen LogP contribution in [0, 0.1) is 12.7 Å². The van der Waals surface area contributed by atoms with E-state index in [0.29, 0.717) is 38.4 Å². The molecule has 0 spiro atoms. The summed E-state index contributed by atoms with van der Waals surface area (Å²) >= 11 is 0. The first-order chi connectivity index (χ1) is 19.6. The molecule has 0 aliphatic carbocycles. The molecule has 210 valence electrons. The Kier molecular flexibility index (Phi) is 7.89. The summed E-state index contributed by atoms with van der Waals surface area (Å²) in [6.45, 7) is 7.76. The molecule has 0 fully saturated rings. The predicted molar refractivity (Wildman–Crippen MR) is 155 cm³/mol. The van der Waals surface area contributed by atoms with E-state index in [1.807, 2.05) is 20.8 Å². The molecule has 9 nitrogen and oxygen atoms in total. The highest BCUT2D eigenvalue weighted by Gasteiger charge is 2.17. The Labute approximate surface area is 239 Å². The van der Waals surface area contributed by atoms with Gasteiger partial charge in [-0.15, -0.1) is 0 Å². The van der Waals surface area contributed by atoms with Crippen molar-refractivity contribution < 1.29 is 18.1 Å². The number of amides is 1. The third-order valence-corrected chi connectivity index (χ3v) is 7.67. The summed E-state index contributed by atoms with van der Waals surface area (Å²) in [5.74, 6) is -0.179. The largest absolute Gasteiger partial charge is 0.453 e. The molecular weight excluding hydrogens is 543 g/mol. The highest BCUT2D eigenvalue weighted by Crippen LogP contribution is 2.34. The number of pyridine rings is 1. The van der Waals surface area contributed by atoms with E-state index >= 15 is 4.39 Å². The molecule has 0 saturated heterocycles. The molecule has 11 heteroatoms. The number of hydrogen-bond donors (Lipinski definition) is 1. The second kappa shape index (κ2) is 11.5. The first-order valence-corrected chi connectivity index (χ1v) is 14.2. The van der Waals surface area contributed by atoms with E-state index in [4.69, 9.17) is 4.74 Å². The number of carbonyl (C=O) groups excluding carboxylic acids is 1. The van der Waals surface area contributed by atoms with Gasteiger partial charge in [-0.25, -0.2) is 4.39 Å². The Hall–Kier alpha value is -4.51. The Morgan fingerprint density at radius 1 is 1.05 bits per heavy atom. The van der Waals surface area contributed by atoms with Crippen molar-refractivity contribution in [1.29, 1.82) is 0 Å². The third kappa shape index (κ3) is 6.63. The highest BCUT2D eigenvalue weighted by molar-refractivity contribution is 7.84. The second-order valence-electron chi connectivity index (χ2n) is 10.6. The Balaban J connectivity index is 1.33. The average molecular weight is 573 g/mol. The summed E-state index contributed by atoms with van der Waals surface area (Å²) in [6.07, 6.45) is 8.04. The van der Waals surface area contributed by atoms with Crippen LogP contribution in [-0.4, -0.2) is 35.1 Å². The van der Waals surface area contributed by atoms with Crippen LogP contribution in [0.5, 0.6) is 11.5 Å². The summed E-state index contributed by atoms with van der Waals surface area (Å²) in [7, 11) is -1.35. The van der Waals surface area contributed by atoms with E-state index in [9.17, 15) is 9.00 Å². The van der Waals surface area contributed by atoms with Crippen molar-refractivity contribution in [3.05, 3.63) is 96.0 Å². The lowest BCUT2D eigenvalue weighted by molar-refractivity contribution is -0.115. The summed E-state index contributed by atoms with van der Waals surface area (Å²) < 4.78 is 36.2. The number of anilines is 1. The van der Waals surface area contributed by atoms with Gasteiger partial charge in [0.25, 0.3) is 0 Å². The van der Waals surface area contributed by atoms with E-state index in [2.05, 4.69) is 25.6 Å². The predicted octanol–water partition coefficient (Wildman–Crippen LogP) is 5.71. The number of aryl methyl sites for hydroxylation is 1. The van der Waals surface area contributed by atoms with Crippen LogP contribution in [0.2, 0.25) is 0 Å². The minimum atomic E-state index is -1.35. The zero-order valence-corrected chi connectivity index (χ0v) is 23.9. The molecule has 0 aliphatic rings. The van der Waals surface area contributed by atoms with Crippen molar-refractivity contribution in [3.8, 4) is 11.5 Å². The quantitative estimate of drug-likeness (QED) is 0.254. The van der Waals surface area contributed by atoms with Gasteiger partial charge in [-0.1, -0.05) is 6.07 Å². The number of benzene rings is 2. The molecule has 2 aromatic carbocycles. The standard InChI is InChI=1S/C30H29FN6O3S/c1-19-11-21(13-28(38)36-22-16-35-37(17-22)30(2,3)4)12-25(31)29(19)40-27-8-9-32-26-6-5-23(14-24(26)27)41(39)18-20-7-10-33-34-15-20/h5-12,14-17H,13,18H2,1-4H3,(H,36,38). The molecule has 3 heterocycles. The van der Waals surface area contributed by atoms with Crippen LogP contribution < -0.4 is 10.1 Å². The second-order valence-corrected chi connectivity index (χ2v) is 12.1. The lowest BCUT2D eigenvalue weighted by Gasteiger charge is -2.18. The van der Waals surface area contributed by atoms with E-state index in [0.717, 1.165) is 5.56 Å². The topological polar surface area (TPSA) is 112 Å². The average Bonchev–Trinajstić information content (AvgIpc) is 3.40. The van der Waals surface area contributed by atoms with Gasteiger partial charge < -0.3 is 10.1 Å². The number of carbonyl (C=O) groups is 1. The summed E-state index contributed by atoms with van der Waals surface area (Å²) in [6, 6.07) is 11.7. The van der Waals surface area contributed by atoms with Crippen LogP contribution in [0.1, 0.15) is 37.5 Å². The van der Waals surface area contributed by atoms with Gasteiger partial charge in [-0.05, 0) is 80.8 Å². The number of halogens is 1. The number of ether oxygens (including phenoxy) is 1. The lowest BCUT2D eigenvalue weighted by atomic mass is 10.1. The van der Waals surface area contributed by atoms with Crippen LogP contribution in [0.3, 0.4) is 0 Å². The van der Waals surface area contributed by atoms with E-state index in [1.54, 1.807) is 79.0 Å². The van der Waals surface area contributed by atoms with Crippen molar-refractivity contribution in [2.75, 3.05) is 5.32 Å². The normalized spacial score (nSPS) is 12.3. The van der Waals surface area contributed by atoms with Crippen molar-refractivity contribution in [2.45, 2.75) is 50.3 Å². The van der Waals surface area contributed by atoms with Gasteiger partial charge in [0.2, 0.25) is 5.91 Å². The zero-order valence-electron chi connectivity index (χ0n) is 23.1. The summed E-state index contributed by atoms with van der Waals surface area (Å²) in [4.78, 5) is 17.6. The zero-order chi connectivity index (χ0) is 29.1. The first kappa shape index (κ1) is 28.0. The maximum absolute atomic E-state index is 15.3. The van der Waals surface area contributed by atoms with Gasteiger partial charge in [-0.3, -0.25) is 18.7 Å². The van der Waals surface area contributed by atoms with E-state index in [-0.39, 0.29) is 29.4 Å². The maximum atomic E-state index is 15.3. The number of aromatic nitrogens is 5. The Morgan fingerprint density at radius 3 is 2.59 bits per heavy atom. The molecule has 3 aromatic heterocycles. The molecule has 41 heavy (non-hydrogen) atoms. The Morgan fingerprint density at radius 2 is 1.88 bits per heavy atom. The third-order valence-electron chi connectivity index (χ3n) is 6.30. The minimum absolute atomic E-state index is 0.0148. The molecule has 1 N–H and O–H groups in total. The Bertz CT molecular complexity index is 1730. The number of fused-ring (bicyclic) bond motifs is 1. The molecule has 0 saturated carbocycles. The van der Waals surface area contributed by atoms with Gasteiger partial charge in [0.05, 0.1) is 52.1 Å². The van der Waals surface area contributed by atoms with Gasteiger partial charge in [0.1, 0.15) is 5.75 Å². The van der Waals surface area contributed by atoms with Gasteiger partial charge in [0.15, 0.2) is 11.6 Å². The monoisotopic (exact) mass is 572 g/mol. The molecule has 5 aromatic rings. The fraction of sp³-hybridized carbons (Fsp3) is 0.233. The van der Waals surface area contributed by atoms with Crippen molar-refractivity contribution in [3.63, 3.8) is 0 Å². The molecule has 1 atom stereocenters. The number of nitrogens with one attached hydrogen (secondary N) is 1. The van der Waals surface area contributed by atoms with Crippen molar-refractivity contribution in [2.24, 2.45) is 0 Å². The molecule has 5 rings (SSSR count). The minimum Gasteiger partial charge on any atom is -0.453 e. The van der Waals surface area contributed by atoms with Gasteiger partial charge in [0, 0.05) is 28.9 Å². The molecular formula is C30H29FN6O3S. The van der Waals surface area contributed by atoms with Crippen LogP contribution in [-0.2, 0) is 33.3 Å². The molecule has 1 unspecified atom stereocenters. The van der Waals surface area contributed by atoms with Gasteiger partial charge >= 0.3 is 0 Å². The fourth-order valence-corrected chi connectivity index (χ4v) is 5.37. The number of hydrogen-bond acceptors (Lipinski definition) is 7. The smallest absolute Gasteiger partial charge is 0.228 e. The van der Waals surface area contributed by atoms with Crippen LogP contribution in [0.15, 0.2) is 78.3 Å². The van der Waals surface area contributed by atoms with E-state index in [1.165, 1.54) is 6.07 Å². The molecule has 1 amide bonds. The van der Waals surface area contributed by atoms with Crippen molar-refractivity contribution >= 4 is 33.3 Å². The fourth-order valence-electron chi connectivity index (χ4n) is 4.26. The van der Waals surface area contributed by atoms with Crippen molar-refractivity contribution in [1.82, 2.24) is 25.0 Å². The maximum Gasteiger partial charge on any atom is 0.228 e. The molecule has 0 radical (unpaired) electrons. The summed E-state index contributed by atoms with van der Waals surface area (Å²) in [5, 5.41) is 15.3. The lowest BCUT2D eigenvalue weighted by Crippen LogP contribution is -2.22. The first-order valence-electron chi connectivity index (χ1n) is 12.9. The summed E-state index contributed by atoms with van der Waals surface area (Å²) in [5.41, 5.74) is 2.82. The van der Waals surface area contributed by atoms with Crippen LogP contribution >= 0.6 is 0 Å². The SMILES string of the molecule is Cc1cc(CC(=O)Nc2cnn(C(C)(C)C)c2)cc(F)c1Oc1ccnc2ccc(S(=O)Cc3ccnnc3)cc12. The molecule has 0 bridgehead atoms. The van der Waals surface area contributed by atoms with Gasteiger partial charge in [-0.2, -0.15) is 15.3 Å². The number of nitrogens with zero attached hydrogens (tertiary/aromatic N) is 5. The van der Waals surface area contributed by atoms with E-state index < -0.39 is 16.6 Å².